The Labute approximate surface area is 93.7 Å². The molecular formula is C12H14FN3. The minimum atomic E-state index is -0.234. The van der Waals surface area contributed by atoms with Gasteiger partial charge in [0.25, 0.3) is 0 Å². The number of hydrogen-bond acceptors (Lipinski definition) is 2. The van der Waals surface area contributed by atoms with Crippen LogP contribution < -0.4 is 5.73 Å². The van der Waals surface area contributed by atoms with E-state index in [-0.39, 0.29) is 11.9 Å². The summed E-state index contributed by atoms with van der Waals surface area (Å²) in [6, 6.07) is 6.43. The van der Waals surface area contributed by atoms with Crippen molar-refractivity contribution in [1.82, 2.24) is 9.55 Å². The van der Waals surface area contributed by atoms with Gasteiger partial charge in [-0.05, 0) is 24.6 Å². The zero-order chi connectivity index (χ0) is 11.5. The predicted octanol–water partition coefficient (Wildman–Crippen LogP) is 1.88. The van der Waals surface area contributed by atoms with Crippen molar-refractivity contribution in [2.75, 3.05) is 6.54 Å². The van der Waals surface area contributed by atoms with E-state index in [0.29, 0.717) is 6.54 Å². The Morgan fingerprint density at radius 2 is 2.06 bits per heavy atom. The number of aromatic nitrogens is 2. The average Bonchev–Trinajstić information content (AvgIpc) is 2.69. The lowest BCUT2D eigenvalue weighted by Crippen LogP contribution is -2.20. The fourth-order valence-corrected chi connectivity index (χ4v) is 1.81. The molecule has 2 N–H and O–H groups in total. The molecular weight excluding hydrogens is 205 g/mol. The average molecular weight is 219 g/mol. The van der Waals surface area contributed by atoms with Crippen LogP contribution in [-0.2, 0) is 0 Å². The largest absolute Gasteiger partial charge is 0.328 e. The minimum Gasteiger partial charge on any atom is -0.328 e. The van der Waals surface area contributed by atoms with Gasteiger partial charge in [0, 0.05) is 18.9 Å². The first kappa shape index (κ1) is 10.8. The molecule has 1 aromatic carbocycles. The molecule has 84 valence electrons. The van der Waals surface area contributed by atoms with Gasteiger partial charge in [-0.25, -0.2) is 9.37 Å². The van der Waals surface area contributed by atoms with Crippen LogP contribution in [0.25, 0.3) is 0 Å². The first-order valence-corrected chi connectivity index (χ1v) is 5.17. The normalized spacial score (nSPS) is 12.7. The third kappa shape index (κ3) is 1.97. The number of rotatable bonds is 3. The summed E-state index contributed by atoms with van der Waals surface area (Å²) in [5.74, 6) is 0.668. The highest BCUT2D eigenvalue weighted by Crippen LogP contribution is 2.18. The highest BCUT2D eigenvalue weighted by atomic mass is 19.1. The van der Waals surface area contributed by atoms with Crippen molar-refractivity contribution in [3.05, 3.63) is 53.9 Å². The van der Waals surface area contributed by atoms with Crippen molar-refractivity contribution >= 4 is 0 Å². The van der Waals surface area contributed by atoms with Crippen molar-refractivity contribution < 1.29 is 4.39 Å². The Bertz CT molecular complexity index is 461. The maximum Gasteiger partial charge on any atom is 0.123 e. The standard InChI is InChI=1S/C12H14FN3/c1-9-15-6-7-16(9)12(8-14)10-2-4-11(13)5-3-10/h2-7,12H,8,14H2,1H3. The lowest BCUT2D eigenvalue weighted by Gasteiger charge is -2.18. The van der Waals surface area contributed by atoms with E-state index in [2.05, 4.69) is 4.98 Å². The molecule has 2 rings (SSSR count). The van der Waals surface area contributed by atoms with Crippen LogP contribution in [-0.4, -0.2) is 16.1 Å². The quantitative estimate of drug-likeness (QED) is 0.856. The monoisotopic (exact) mass is 219 g/mol. The van der Waals surface area contributed by atoms with Gasteiger partial charge in [0.1, 0.15) is 11.6 Å². The number of benzene rings is 1. The maximum absolute atomic E-state index is 12.8. The Kier molecular flexibility index (Phi) is 3.01. The van der Waals surface area contributed by atoms with Gasteiger partial charge >= 0.3 is 0 Å². The summed E-state index contributed by atoms with van der Waals surface area (Å²) in [4.78, 5) is 4.16. The molecule has 1 aromatic heterocycles. The predicted molar refractivity (Wildman–Crippen MR) is 60.6 cm³/mol. The van der Waals surface area contributed by atoms with Crippen LogP contribution in [0.15, 0.2) is 36.7 Å². The van der Waals surface area contributed by atoms with Crippen LogP contribution in [0.4, 0.5) is 4.39 Å². The SMILES string of the molecule is Cc1nccn1C(CN)c1ccc(F)cc1. The van der Waals surface area contributed by atoms with Gasteiger partial charge in [0.2, 0.25) is 0 Å². The summed E-state index contributed by atoms with van der Waals surface area (Å²) in [5, 5.41) is 0. The van der Waals surface area contributed by atoms with E-state index in [0.717, 1.165) is 11.4 Å². The van der Waals surface area contributed by atoms with Gasteiger partial charge in [-0.15, -0.1) is 0 Å². The van der Waals surface area contributed by atoms with Crippen molar-refractivity contribution in [1.29, 1.82) is 0 Å². The first-order valence-electron chi connectivity index (χ1n) is 5.17. The summed E-state index contributed by atoms with van der Waals surface area (Å²) in [7, 11) is 0. The third-order valence-corrected chi connectivity index (χ3v) is 2.68. The van der Waals surface area contributed by atoms with E-state index >= 15 is 0 Å². The molecule has 0 saturated carbocycles. The van der Waals surface area contributed by atoms with Crippen molar-refractivity contribution in [3.63, 3.8) is 0 Å². The van der Waals surface area contributed by atoms with Gasteiger partial charge in [-0.2, -0.15) is 0 Å². The van der Waals surface area contributed by atoms with E-state index in [1.807, 2.05) is 17.7 Å². The second kappa shape index (κ2) is 4.45. The molecule has 0 fully saturated rings. The van der Waals surface area contributed by atoms with Crippen LogP contribution in [0.5, 0.6) is 0 Å². The van der Waals surface area contributed by atoms with E-state index in [1.165, 1.54) is 12.1 Å². The zero-order valence-corrected chi connectivity index (χ0v) is 9.10. The molecule has 2 aromatic rings. The number of nitrogens with two attached hydrogens (primary N) is 1. The number of nitrogens with zero attached hydrogens (tertiary/aromatic N) is 2. The van der Waals surface area contributed by atoms with Crippen molar-refractivity contribution in [3.8, 4) is 0 Å². The van der Waals surface area contributed by atoms with E-state index in [9.17, 15) is 4.39 Å². The Balaban J connectivity index is 2.37. The van der Waals surface area contributed by atoms with E-state index in [1.54, 1.807) is 18.3 Å². The van der Waals surface area contributed by atoms with Crippen molar-refractivity contribution in [2.24, 2.45) is 5.73 Å². The van der Waals surface area contributed by atoms with Gasteiger partial charge < -0.3 is 10.3 Å². The Morgan fingerprint density at radius 3 is 2.56 bits per heavy atom. The summed E-state index contributed by atoms with van der Waals surface area (Å²) >= 11 is 0. The molecule has 0 saturated heterocycles. The van der Waals surface area contributed by atoms with Gasteiger partial charge in [0.15, 0.2) is 0 Å². The second-order valence-corrected chi connectivity index (χ2v) is 3.68. The van der Waals surface area contributed by atoms with Crippen molar-refractivity contribution in [2.45, 2.75) is 13.0 Å². The van der Waals surface area contributed by atoms with Crippen LogP contribution in [0, 0.1) is 12.7 Å². The molecule has 0 radical (unpaired) electrons. The van der Waals surface area contributed by atoms with Crippen LogP contribution in [0.2, 0.25) is 0 Å². The summed E-state index contributed by atoms with van der Waals surface area (Å²) in [6.07, 6.45) is 3.62. The van der Waals surface area contributed by atoms with Crippen LogP contribution >= 0.6 is 0 Å². The zero-order valence-electron chi connectivity index (χ0n) is 9.10. The molecule has 0 aliphatic heterocycles. The number of hydrogen-bond donors (Lipinski definition) is 1. The Morgan fingerprint density at radius 1 is 1.38 bits per heavy atom. The molecule has 4 heteroatoms. The highest BCUT2D eigenvalue weighted by molar-refractivity contribution is 5.22. The molecule has 3 nitrogen and oxygen atoms in total. The molecule has 1 atom stereocenters. The third-order valence-electron chi connectivity index (χ3n) is 2.68. The van der Waals surface area contributed by atoms with E-state index in [4.69, 9.17) is 5.73 Å². The number of halogens is 1. The molecule has 0 spiro atoms. The van der Waals surface area contributed by atoms with Crippen LogP contribution in [0.1, 0.15) is 17.4 Å². The van der Waals surface area contributed by atoms with Gasteiger partial charge in [0.05, 0.1) is 6.04 Å². The van der Waals surface area contributed by atoms with E-state index < -0.39 is 0 Å². The van der Waals surface area contributed by atoms with Crippen LogP contribution in [0.3, 0.4) is 0 Å². The first-order chi connectivity index (χ1) is 7.72. The highest BCUT2D eigenvalue weighted by Gasteiger charge is 2.13. The molecule has 0 bridgehead atoms. The van der Waals surface area contributed by atoms with Gasteiger partial charge in [-0.3, -0.25) is 0 Å². The number of aryl methyl sites for hydroxylation is 1. The summed E-state index contributed by atoms with van der Waals surface area (Å²) < 4.78 is 14.8. The fraction of sp³-hybridized carbons (Fsp3) is 0.250. The molecule has 16 heavy (non-hydrogen) atoms. The number of imidazole rings is 1. The second-order valence-electron chi connectivity index (χ2n) is 3.68. The fourth-order valence-electron chi connectivity index (χ4n) is 1.81. The topological polar surface area (TPSA) is 43.8 Å². The summed E-state index contributed by atoms with van der Waals surface area (Å²) in [6.45, 7) is 2.38. The molecule has 1 heterocycles. The smallest absolute Gasteiger partial charge is 0.123 e. The maximum atomic E-state index is 12.8. The lowest BCUT2D eigenvalue weighted by atomic mass is 10.1. The lowest BCUT2D eigenvalue weighted by molar-refractivity contribution is 0.574. The molecule has 1 unspecified atom stereocenters. The Hall–Kier alpha value is -1.68. The molecule has 0 aliphatic carbocycles. The minimum absolute atomic E-state index is 0.0168. The molecule has 0 amide bonds. The summed E-state index contributed by atoms with van der Waals surface area (Å²) in [5.41, 5.74) is 6.75. The van der Waals surface area contributed by atoms with Gasteiger partial charge in [-0.1, -0.05) is 12.1 Å². The molecule has 0 aliphatic rings.